The summed E-state index contributed by atoms with van der Waals surface area (Å²) in [4.78, 5) is 25.4. The van der Waals surface area contributed by atoms with Crippen LogP contribution in [-0.4, -0.2) is 42.5 Å². The zero-order valence-corrected chi connectivity index (χ0v) is 17.7. The average Bonchev–Trinajstić information content (AvgIpc) is 3.04. The normalized spacial score (nSPS) is 45.4. The van der Waals surface area contributed by atoms with Gasteiger partial charge in [0.1, 0.15) is 6.10 Å². The molecule has 0 aromatic heterocycles. The van der Waals surface area contributed by atoms with Crippen molar-refractivity contribution in [1.82, 2.24) is 4.31 Å². The first-order valence-electron chi connectivity index (χ1n) is 10.2. The number of carbonyl (C=O) groups excluding carboxylic acids is 2. The lowest BCUT2D eigenvalue weighted by Gasteiger charge is -2.39. The van der Waals surface area contributed by atoms with Crippen molar-refractivity contribution in [3.63, 3.8) is 0 Å². The first kappa shape index (κ1) is 19.2. The summed E-state index contributed by atoms with van der Waals surface area (Å²) >= 11 is 0. The standard InChI is InChI=1S/C20H31NO5S/c1-11-8-12(2)18(23)26-16(11)13(3)17(22)21-15-9-14-6-7-20(15,19(14,4)5)10-27(21,24)25/h11-16H,6-10H2,1-5H3/t11-,12+,13+,14+,15+,16-,20+/m0/s1. The van der Waals surface area contributed by atoms with Crippen LogP contribution in [-0.2, 0) is 24.3 Å². The van der Waals surface area contributed by atoms with E-state index < -0.39 is 22.0 Å². The molecule has 0 radical (unpaired) electrons. The fourth-order valence-electron chi connectivity index (χ4n) is 6.67. The Morgan fingerprint density at radius 3 is 2.56 bits per heavy atom. The quantitative estimate of drug-likeness (QED) is 0.669. The Bertz CT molecular complexity index is 790. The molecule has 0 aromatic carbocycles. The zero-order chi connectivity index (χ0) is 19.9. The molecule has 4 rings (SSSR count). The third-order valence-corrected chi connectivity index (χ3v) is 10.4. The summed E-state index contributed by atoms with van der Waals surface area (Å²) in [7, 11) is -3.64. The summed E-state index contributed by atoms with van der Waals surface area (Å²) in [6, 6.07) is -0.236. The van der Waals surface area contributed by atoms with E-state index in [2.05, 4.69) is 13.8 Å². The van der Waals surface area contributed by atoms with Crippen molar-refractivity contribution in [2.75, 3.05) is 5.75 Å². The lowest BCUT2D eigenvalue weighted by molar-refractivity contribution is -0.170. The molecule has 0 aromatic rings. The average molecular weight is 398 g/mol. The smallest absolute Gasteiger partial charge is 0.308 e. The topological polar surface area (TPSA) is 80.8 Å². The molecule has 152 valence electrons. The SMILES string of the molecule is C[C@@H]1C[C@H](C)[C@@H]([C@@H](C)C(=O)N2[C@@H]3C[C@H]4CC[C@]3(CS2(=O)=O)C4(C)C)OC1=O. The number of rotatable bonds is 2. The van der Waals surface area contributed by atoms with Gasteiger partial charge in [-0.25, -0.2) is 12.7 Å². The number of sulfonamides is 1. The van der Waals surface area contributed by atoms with Crippen LogP contribution in [0.4, 0.5) is 0 Å². The molecule has 7 atom stereocenters. The largest absolute Gasteiger partial charge is 0.461 e. The van der Waals surface area contributed by atoms with Gasteiger partial charge in [0.25, 0.3) is 0 Å². The van der Waals surface area contributed by atoms with E-state index in [1.807, 2.05) is 13.8 Å². The van der Waals surface area contributed by atoms with Crippen LogP contribution in [0.15, 0.2) is 0 Å². The number of esters is 1. The van der Waals surface area contributed by atoms with Crippen LogP contribution in [0.1, 0.15) is 60.3 Å². The molecule has 2 aliphatic heterocycles. The maximum atomic E-state index is 13.4. The van der Waals surface area contributed by atoms with Crippen LogP contribution in [0.5, 0.6) is 0 Å². The van der Waals surface area contributed by atoms with Crippen LogP contribution >= 0.6 is 0 Å². The minimum Gasteiger partial charge on any atom is -0.461 e. The summed E-state index contributed by atoms with van der Waals surface area (Å²) in [5.74, 6) is -0.932. The van der Waals surface area contributed by atoms with Gasteiger partial charge in [-0.3, -0.25) is 9.59 Å². The number of carbonyl (C=O) groups is 2. The molecular formula is C20H31NO5S. The Kier molecular flexibility index (Phi) is 4.06. The Hall–Kier alpha value is -1.11. The van der Waals surface area contributed by atoms with Gasteiger partial charge in [-0.15, -0.1) is 0 Å². The number of ether oxygens (including phenoxy) is 1. The maximum absolute atomic E-state index is 13.4. The van der Waals surface area contributed by atoms with Crippen LogP contribution < -0.4 is 0 Å². The van der Waals surface area contributed by atoms with Gasteiger partial charge in [-0.2, -0.15) is 0 Å². The maximum Gasteiger partial charge on any atom is 0.308 e. The molecule has 1 amide bonds. The third kappa shape index (κ3) is 2.39. The van der Waals surface area contributed by atoms with Crippen molar-refractivity contribution in [2.45, 2.75) is 72.4 Å². The molecule has 4 aliphatic rings. The fraction of sp³-hybridized carbons (Fsp3) is 0.900. The first-order chi connectivity index (χ1) is 12.4. The van der Waals surface area contributed by atoms with Gasteiger partial charge in [-0.05, 0) is 49.9 Å². The molecule has 2 aliphatic carbocycles. The fourth-order valence-corrected chi connectivity index (χ4v) is 9.28. The molecule has 2 bridgehead atoms. The van der Waals surface area contributed by atoms with Crippen molar-refractivity contribution in [2.24, 2.45) is 34.5 Å². The summed E-state index contributed by atoms with van der Waals surface area (Å²) in [5, 5.41) is 0. The van der Waals surface area contributed by atoms with Crippen molar-refractivity contribution in [3.8, 4) is 0 Å². The number of cyclic esters (lactones) is 1. The summed E-state index contributed by atoms with van der Waals surface area (Å²) in [6.07, 6.45) is 2.79. The highest BCUT2D eigenvalue weighted by Crippen LogP contribution is 2.70. The molecular weight excluding hydrogens is 366 g/mol. The van der Waals surface area contributed by atoms with E-state index in [0.717, 1.165) is 19.3 Å². The van der Waals surface area contributed by atoms with Gasteiger partial charge < -0.3 is 4.74 Å². The van der Waals surface area contributed by atoms with Crippen LogP contribution in [0.3, 0.4) is 0 Å². The number of hydrogen-bond donors (Lipinski definition) is 0. The molecule has 1 spiro atoms. The van der Waals surface area contributed by atoms with E-state index in [1.54, 1.807) is 6.92 Å². The lowest BCUT2D eigenvalue weighted by atomic mass is 9.69. The van der Waals surface area contributed by atoms with Crippen molar-refractivity contribution >= 4 is 21.9 Å². The van der Waals surface area contributed by atoms with E-state index in [4.69, 9.17) is 4.74 Å². The number of fused-ring (bicyclic) bond motifs is 1. The minimum atomic E-state index is -3.64. The molecule has 6 nitrogen and oxygen atoms in total. The van der Waals surface area contributed by atoms with Crippen LogP contribution in [0.25, 0.3) is 0 Å². The van der Waals surface area contributed by atoms with E-state index in [0.29, 0.717) is 12.3 Å². The third-order valence-electron chi connectivity index (χ3n) is 8.45. The second-order valence-electron chi connectivity index (χ2n) is 10.1. The lowest BCUT2D eigenvalue weighted by Crippen LogP contribution is -2.50. The highest BCUT2D eigenvalue weighted by molar-refractivity contribution is 7.90. The highest BCUT2D eigenvalue weighted by Gasteiger charge is 2.72. The Morgan fingerprint density at radius 2 is 1.93 bits per heavy atom. The highest BCUT2D eigenvalue weighted by atomic mass is 32.2. The number of nitrogens with zero attached hydrogens (tertiary/aromatic N) is 1. The van der Waals surface area contributed by atoms with E-state index in [9.17, 15) is 18.0 Å². The Balaban J connectivity index is 1.63. The van der Waals surface area contributed by atoms with Gasteiger partial charge in [0.05, 0.1) is 23.6 Å². The first-order valence-corrected chi connectivity index (χ1v) is 11.8. The molecule has 2 saturated heterocycles. The molecule has 0 N–H and O–H groups in total. The summed E-state index contributed by atoms with van der Waals surface area (Å²) < 4.78 is 32.9. The van der Waals surface area contributed by atoms with Gasteiger partial charge in [0.2, 0.25) is 15.9 Å². The Labute approximate surface area is 162 Å². The van der Waals surface area contributed by atoms with Crippen LogP contribution in [0.2, 0.25) is 0 Å². The molecule has 2 saturated carbocycles. The van der Waals surface area contributed by atoms with Gasteiger partial charge in [-0.1, -0.05) is 27.7 Å². The molecule has 27 heavy (non-hydrogen) atoms. The molecule has 4 fully saturated rings. The van der Waals surface area contributed by atoms with Gasteiger partial charge in [0.15, 0.2) is 0 Å². The van der Waals surface area contributed by atoms with E-state index in [-0.39, 0.29) is 46.3 Å². The second-order valence-corrected chi connectivity index (χ2v) is 11.9. The van der Waals surface area contributed by atoms with Crippen molar-refractivity contribution < 1.29 is 22.7 Å². The van der Waals surface area contributed by atoms with Gasteiger partial charge >= 0.3 is 5.97 Å². The van der Waals surface area contributed by atoms with E-state index >= 15 is 0 Å². The van der Waals surface area contributed by atoms with Crippen molar-refractivity contribution in [3.05, 3.63) is 0 Å². The summed E-state index contributed by atoms with van der Waals surface area (Å²) in [5.41, 5.74) is -0.391. The summed E-state index contributed by atoms with van der Waals surface area (Å²) in [6.45, 7) is 9.85. The van der Waals surface area contributed by atoms with Gasteiger partial charge in [0, 0.05) is 5.41 Å². The molecule has 0 unspecified atom stereocenters. The molecule has 2 heterocycles. The predicted molar refractivity (Wildman–Crippen MR) is 100.0 cm³/mol. The van der Waals surface area contributed by atoms with E-state index in [1.165, 1.54) is 4.31 Å². The minimum absolute atomic E-state index is 0.0346. The molecule has 7 heteroatoms. The Morgan fingerprint density at radius 1 is 1.26 bits per heavy atom. The number of hydrogen-bond acceptors (Lipinski definition) is 5. The number of amides is 1. The monoisotopic (exact) mass is 397 g/mol. The van der Waals surface area contributed by atoms with Crippen LogP contribution in [0, 0.1) is 34.5 Å². The van der Waals surface area contributed by atoms with Crippen molar-refractivity contribution in [1.29, 1.82) is 0 Å². The predicted octanol–water partition coefficient (Wildman–Crippen LogP) is 2.58. The second kappa shape index (κ2) is 5.71. The zero-order valence-electron chi connectivity index (χ0n) is 16.9.